The van der Waals surface area contributed by atoms with Gasteiger partial charge in [0.05, 0.1) is 0 Å². The molecule has 0 fully saturated rings. The number of unbranched alkanes of at least 4 members (excludes halogenated alkanes) is 17. The molecule has 0 aliphatic rings. The summed E-state index contributed by atoms with van der Waals surface area (Å²) in [7, 11) is 0. The Labute approximate surface area is 244 Å². The van der Waals surface area contributed by atoms with Gasteiger partial charge in [-0.25, -0.2) is 0 Å². The normalized spacial score (nSPS) is 13.0. The number of ether oxygens (including phenoxy) is 1. The molecule has 0 rings (SSSR count). The van der Waals surface area contributed by atoms with E-state index in [4.69, 9.17) is 4.74 Å². The summed E-state index contributed by atoms with van der Waals surface area (Å²) in [5.41, 5.74) is 0. The molecule has 2 nitrogen and oxygen atoms in total. The molecular formula is C37H66O2. The molecule has 0 bridgehead atoms. The van der Waals surface area contributed by atoms with E-state index >= 15 is 0 Å². The highest BCUT2D eigenvalue weighted by Gasteiger charge is 2.08. The topological polar surface area (TPSA) is 26.3 Å². The largest absolute Gasteiger partial charge is 0.465 e. The molecule has 0 saturated heterocycles. The van der Waals surface area contributed by atoms with Gasteiger partial charge in [0.25, 0.3) is 6.47 Å². The minimum absolute atomic E-state index is 0.131. The number of carbonyl (C=O) groups excluding carboxylic acids is 1. The molecule has 0 N–H and O–H groups in total. The van der Waals surface area contributed by atoms with Gasteiger partial charge in [0.1, 0.15) is 6.10 Å². The lowest BCUT2D eigenvalue weighted by atomic mass is 10.0. The highest BCUT2D eigenvalue weighted by Crippen LogP contribution is 2.16. The third-order valence-corrected chi connectivity index (χ3v) is 7.45. The minimum atomic E-state index is 0.131. The number of allylic oxidation sites excluding steroid dienone is 8. The zero-order valence-corrected chi connectivity index (χ0v) is 26.3. The second-order valence-electron chi connectivity index (χ2n) is 11.2. The van der Waals surface area contributed by atoms with Crippen molar-refractivity contribution >= 4 is 6.47 Å². The Morgan fingerprint density at radius 2 is 0.769 bits per heavy atom. The molecule has 1 atom stereocenters. The third kappa shape index (κ3) is 32.5. The van der Waals surface area contributed by atoms with E-state index in [1.54, 1.807) is 0 Å². The van der Waals surface area contributed by atoms with Gasteiger partial charge in [0.2, 0.25) is 0 Å². The molecule has 2 heteroatoms. The molecule has 0 amide bonds. The average Bonchev–Trinajstić information content (AvgIpc) is 2.94. The maximum atomic E-state index is 10.9. The van der Waals surface area contributed by atoms with E-state index in [2.05, 4.69) is 62.5 Å². The van der Waals surface area contributed by atoms with Crippen LogP contribution in [0.15, 0.2) is 48.6 Å². The number of rotatable bonds is 31. The van der Waals surface area contributed by atoms with Gasteiger partial charge < -0.3 is 4.74 Å². The van der Waals surface area contributed by atoms with Gasteiger partial charge in [0, 0.05) is 0 Å². The van der Waals surface area contributed by atoms with Crippen LogP contribution in [-0.4, -0.2) is 12.6 Å². The van der Waals surface area contributed by atoms with Gasteiger partial charge in [-0.15, -0.1) is 0 Å². The summed E-state index contributed by atoms with van der Waals surface area (Å²) in [6.07, 6.45) is 49.9. The van der Waals surface area contributed by atoms with Crippen molar-refractivity contribution in [3.63, 3.8) is 0 Å². The van der Waals surface area contributed by atoms with Crippen LogP contribution in [0.2, 0.25) is 0 Å². The fourth-order valence-electron chi connectivity index (χ4n) is 4.90. The zero-order chi connectivity index (χ0) is 28.3. The van der Waals surface area contributed by atoms with E-state index in [0.29, 0.717) is 6.47 Å². The maximum absolute atomic E-state index is 10.9. The Balaban J connectivity index is 3.53. The molecule has 0 spiro atoms. The van der Waals surface area contributed by atoms with Crippen LogP contribution in [0.1, 0.15) is 174 Å². The van der Waals surface area contributed by atoms with Gasteiger partial charge in [-0.2, -0.15) is 0 Å². The van der Waals surface area contributed by atoms with Crippen molar-refractivity contribution in [2.75, 3.05) is 0 Å². The van der Waals surface area contributed by atoms with Gasteiger partial charge in [0.15, 0.2) is 0 Å². The van der Waals surface area contributed by atoms with Gasteiger partial charge >= 0.3 is 0 Å². The Hall–Kier alpha value is -1.57. The van der Waals surface area contributed by atoms with Crippen LogP contribution in [0.4, 0.5) is 0 Å². The SMILES string of the molecule is CCCCC/C=C\C/C=C\CCCCCCCCC(CCCCCCC/C=C\C/C=C\CCCCC)OC=O. The molecule has 0 heterocycles. The van der Waals surface area contributed by atoms with Crippen molar-refractivity contribution in [1.29, 1.82) is 0 Å². The monoisotopic (exact) mass is 543 g/mol. The maximum Gasteiger partial charge on any atom is 0.293 e. The van der Waals surface area contributed by atoms with E-state index in [1.165, 1.54) is 135 Å². The van der Waals surface area contributed by atoms with Crippen molar-refractivity contribution in [3.8, 4) is 0 Å². The number of carbonyl (C=O) groups is 1. The van der Waals surface area contributed by atoms with Crippen molar-refractivity contribution in [2.45, 2.75) is 180 Å². The fraction of sp³-hybridized carbons (Fsp3) is 0.757. The molecule has 0 aromatic carbocycles. The van der Waals surface area contributed by atoms with E-state index in [1.807, 2.05) is 0 Å². The van der Waals surface area contributed by atoms with Gasteiger partial charge in [-0.3, -0.25) is 4.79 Å². The van der Waals surface area contributed by atoms with E-state index < -0.39 is 0 Å². The van der Waals surface area contributed by atoms with Crippen LogP contribution in [0.25, 0.3) is 0 Å². The summed E-state index contributed by atoms with van der Waals surface area (Å²) in [4.78, 5) is 10.9. The number of hydrogen-bond donors (Lipinski definition) is 0. The molecule has 0 aliphatic heterocycles. The van der Waals surface area contributed by atoms with Crippen molar-refractivity contribution in [2.24, 2.45) is 0 Å². The molecule has 1 unspecified atom stereocenters. The second kappa shape index (κ2) is 34.5. The van der Waals surface area contributed by atoms with Gasteiger partial charge in [-0.05, 0) is 89.9 Å². The van der Waals surface area contributed by atoms with Crippen LogP contribution >= 0.6 is 0 Å². The fourth-order valence-corrected chi connectivity index (χ4v) is 4.90. The van der Waals surface area contributed by atoms with E-state index in [9.17, 15) is 4.79 Å². The van der Waals surface area contributed by atoms with Crippen molar-refractivity contribution < 1.29 is 9.53 Å². The first-order chi connectivity index (χ1) is 19.3. The second-order valence-corrected chi connectivity index (χ2v) is 11.2. The molecule has 0 aromatic rings. The predicted molar refractivity (Wildman–Crippen MR) is 174 cm³/mol. The third-order valence-electron chi connectivity index (χ3n) is 7.45. The van der Waals surface area contributed by atoms with E-state index in [0.717, 1.165) is 25.7 Å². The Morgan fingerprint density at radius 1 is 0.436 bits per heavy atom. The molecule has 0 aliphatic carbocycles. The van der Waals surface area contributed by atoms with Crippen LogP contribution in [-0.2, 0) is 9.53 Å². The molecular weight excluding hydrogens is 476 g/mol. The smallest absolute Gasteiger partial charge is 0.293 e. The van der Waals surface area contributed by atoms with Crippen LogP contribution in [0.5, 0.6) is 0 Å². The van der Waals surface area contributed by atoms with Crippen molar-refractivity contribution in [1.82, 2.24) is 0 Å². The van der Waals surface area contributed by atoms with Crippen LogP contribution < -0.4 is 0 Å². The molecule has 0 aromatic heterocycles. The summed E-state index contributed by atoms with van der Waals surface area (Å²) in [6, 6.07) is 0. The lowest BCUT2D eigenvalue weighted by molar-refractivity contribution is -0.134. The summed E-state index contributed by atoms with van der Waals surface area (Å²) in [5.74, 6) is 0. The Morgan fingerprint density at radius 3 is 1.13 bits per heavy atom. The summed E-state index contributed by atoms with van der Waals surface area (Å²) < 4.78 is 5.38. The lowest BCUT2D eigenvalue weighted by Crippen LogP contribution is -2.12. The average molecular weight is 543 g/mol. The number of hydrogen-bond acceptors (Lipinski definition) is 2. The standard InChI is InChI=1S/C37H66O2/c1-3-5-7-9-11-13-15-17-19-21-23-25-27-29-31-33-35-37(39-36-38)34-32-30-28-26-24-22-20-18-16-14-12-10-8-6-4-2/h11-14,17-20,36-37H,3-10,15-16,21-35H2,1-2H3/b13-11-,14-12-,19-17-,20-18-. The van der Waals surface area contributed by atoms with E-state index in [-0.39, 0.29) is 6.10 Å². The van der Waals surface area contributed by atoms with Crippen LogP contribution in [0, 0.1) is 0 Å². The Kier molecular flexibility index (Phi) is 33.1. The first-order valence-electron chi connectivity index (χ1n) is 17.0. The molecule has 39 heavy (non-hydrogen) atoms. The molecule has 0 radical (unpaired) electrons. The summed E-state index contributed by atoms with van der Waals surface area (Å²) in [6.45, 7) is 5.17. The highest BCUT2D eigenvalue weighted by molar-refractivity contribution is 5.37. The molecule has 226 valence electrons. The highest BCUT2D eigenvalue weighted by atomic mass is 16.5. The quantitative estimate of drug-likeness (QED) is 0.0494. The molecule has 0 saturated carbocycles. The first kappa shape index (κ1) is 37.4. The zero-order valence-electron chi connectivity index (χ0n) is 26.3. The first-order valence-corrected chi connectivity index (χ1v) is 17.0. The van der Waals surface area contributed by atoms with Crippen LogP contribution in [0.3, 0.4) is 0 Å². The lowest BCUT2D eigenvalue weighted by Gasteiger charge is -2.15. The minimum Gasteiger partial charge on any atom is -0.465 e. The van der Waals surface area contributed by atoms with Crippen molar-refractivity contribution in [3.05, 3.63) is 48.6 Å². The van der Waals surface area contributed by atoms with Gasteiger partial charge in [-0.1, -0.05) is 133 Å². The predicted octanol–water partition coefficient (Wildman–Crippen LogP) is 12.5. The summed E-state index contributed by atoms with van der Waals surface area (Å²) in [5, 5.41) is 0. The Bertz CT molecular complexity index is 586. The summed E-state index contributed by atoms with van der Waals surface area (Å²) >= 11 is 0.